The minimum atomic E-state index is -0.150. The number of thiocyanates is 1. The monoisotopic (exact) mass is 245 g/mol. The molecule has 1 heterocycles. The van der Waals surface area contributed by atoms with Crippen molar-refractivity contribution in [1.82, 2.24) is 9.36 Å². The maximum Gasteiger partial charge on any atom is 0.286 e. The van der Waals surface area contributed by atoms with E-state index in [0.29, 0.717) is 4.90 Å². The molecule has 0 aliphatic rings. The van der Waals surface area contributed by atoms with Crippen LogP contribution >= 0.6 is 11.8 Å². The Morgan fingerprint density at radius 1 is 1.29 bits per heavy atom. The summed E-state index contributed by atoms with van der Waals surface area (Å²) in [5, 5.41) is 10.6. The van der Waals surface area contributed by atoms with Gasteiger partial charge in [0.2, 0.25) is 0 Å². The molecule has 0 atom stereocenters. The fourth-order valence-electron chi connectivity index (χ4n) is 1.71. The molecule has 0 amide bonds. The van der Waals surface area contributed by atoms with Gasteiger partial charge >= 0.3 is 0 Å². The number of nitriles is 1. The molecule has 0 bridgehead atoms. The maximum atomic E-state index is 12.2. The second-order valence-electron chi connectivity index (χ2n) is 3.58. The van der Waals surface area contributed by atoms with Crippen molar-refractivity contribution in [1.29, 1.82) is 5.26 Å². The zero-order chi connectivity index (χ0) is 12.4. The molecule has 0 saturated heterocycles. The number of benzene rings is 1. The van der Waals surface area contributed by atoms with Crippen LogP contribution in [0.2, 0.25) is 0 Å². The highest BCUT2D eigenvalue weighted by Crippen LogP contribution is 2.18. The highest BCUT2D eigenvalue weighted by Gasteiger charge is 2.15. The standard InChI is InChI=1S/C12H11N3OS/c1-9-11(17-8-13)12(16)15(14(9)2)10-6-4-3-5-7-10/h3-7H,1-2H3. The van der Waals surface area contributed by atoms with Crippen molar-refractivity contribution in [3.8, 4) is 11.1 Å². The van der Waals surface area contributed by atoms with Crippen molar-refractivity contribution >= 4 is 11.8 Å². The summed E-state index contributed by atoms with van der Waals surface area (Å²) in [6, 6.07) is 9.38. The third-order valence-electron chi connectivity index (χ3n) is 2.65. The first-order chi connectivity index (χ1) is 8.16. The molecular formula is C12H11N3OS. The van der Waals surface area contributed by atoms with Crippen LogP contribution in [-0.2, 0) is 7.05 Å². The topological polar surface area (TPSA) is 50.7 Å². The third kappa shape index (κ3) is 1.87. The number of aromatic nitrogens is 2. The zero-order valence-electron chi connectivity index (χ0n) is 9.54. The van der Waals surface area contributed by atoms with Gasteiger partial charge in [0.25, 0.3) is 5.56 Å². The number of nitrogens with zero attached hydrogens (tertiary/aromatic N) is 3. The minimum Gasteiger partial charge on any atom is -0.284 e. The smallest absolute Gasteiger partial charge is 0.284 e. The van der Waals surface area contributed by atoms with Gasteiger partial charge in [-0.05, 0) is 30.8 Å². The lowest BCUT2D eigenvalue weighted by molar-refractivity contribution is 0.630. The van der Waals surface area contributed by atoms with Crippen LogP contribution in [-0.4, -0.2) is 9.36 Å². The van der Waals surface area contributed by atoms with E-state index in [1.165, 1.54) is 0 Å². The molecule has 1 aromatic carbocycles. The Labute approximate surface area is 103 Å². The Balaban J connectivity index is 2.69. The van der Waals surface area contributed by atoms with Gasteiger partial charge in [-0.3, -0.25) is 9.48 Å². The lowest BCUT2D eigenvalue weighted by Crippen LogP contribution is -2.19. The van der Waals surface area contributed by atoms with Crippen LogP contribution in [0.1, 0.15) is 5.69 Å². The molecule has 0 unspecified atom stereocenters. The fourth-order valence-corrected chi connectivity index (χ4v) is 2.25. The number of thioether (sulfide) groups is 1. The lowest BCUT2D eigenvalue weighted by Gasteiger charge is -2.07. The van der Waals surface area contributed by atoms with E-state index in [9.17, 15) is 4.79 Å². The fraction of sp³-hybridized carbons (Fsp3) is 0.167. The third-order valence-corrected chi connectivity index (χ3v) is 3.41. The van der Waals surface area contributed by atoms with Gasteiger partial charge in [-0.2, -0.15) is 5.26 Å². The molecule has 86 valence electrons. The summed E-state index contributed by atoms with van der Waals surface area (Å²) in [5.74, 6) is 0. The van der Waals surface area contributed by atoms with Crippen molar-refractivity contribution in [3.05, 3.63) is 46.4 Å². The number of rotatable bonds is 2. The number of hydrogen-bond donors (Lipinski definition) is 0. The number of hydrogen-bond acceptors (Lipinski definition) is 3. The van der Waals surface area contributed by atoms with E-state index in [1.807, 2.05) is 49.7 Å². The van der Waals surface area contributed by atoms with Gasteiger partial charge in [-0.1, -0.05) is 18.2 Å². The van der Waals surface area contributed by atoms with Crippen LogP contribution in [0.25, 0.3) is 5.69 Å². The normalized spacial score (nSPS) is 10.2. The molecule has 0 N–H and O–H groups in total. The first kappa shape index (κ1) is 11.6. The van der Waals surface area contributed by atoms with Crippen LogP contribution in [0.5, 0.6) is 0 Å². The molecule has 1 aromatic heterocycles. The molecule has 0 saturated carbocycles. The van der Waals surface area contributed by atoms with Gasteiger partial charge in [-0.25, -0.2) is 4.68 Å². The molecule has 4 nitrogen and oxygen atoms in total. The van der Waals surface area contributed by atoms with Crippen LogP contribution in [0.3, 0.4) is 0 Å². The van der Waals surface area contributed by atoms with Gasteiger partial charge < -0.3 is 0 Å². The van der Waals surface area contributed by atoms with E-state index in [-0.39, 0.29) is 5.56 Å². The van der Waals surface area contributed by atoms with Gasteiger partial charge in [0, 0.05) is 7.05 Å². The van der Waals surface area contributed by atoms with E-state index < -0.39 is 0 Å². The summed E-state index contributed by atoms with van der Waals surface area (Å²) < 4.78 is 3.33. The summed E-state index contributed by atoms with van der Waals surface area (Å²) >= 11 is 0.910. The molecule has 2 aromatic rings. The highest BCUT2D eigenvalue weighted by molar-refractivity contribution is 8.03. The van der Waals surface area contributed by atoms with Crippen molar-refractivity contribution < 1.29 is 0 Å². The molecule has 2 rings (SSSR count). The van der Waals surface area contributed by atoms with Gasteiger partial charge in [0.1, 0.15) is 10.3 Å². The van der Waals surface area contributed by atoms with Crippen molar-refractivity contribution in [2.24, 2.45) is 7.05 Å². The Bertz CT molecular complexity index is 634. The summed E-state index contributed by atoms with van der Waals surface area (Å²) in [7, 11) is 1.81. The Hall–Kier alpha value is -1.93. The molecule has 0 aliphatic heterocycles. The summed E-state index contributed by atoms with van der Waals surface area (Å²) in [6.07, 6.45) is 0. The van der Waals surface area contributed by atoms with E-state index >= 15 is 0 Å². The molecule has 17 heavy (non-hydrogen) atoms. The Kier molecular flexibility index (Phi) is 3.07. The van der Waals surface area contributed by atoms with E-state index in [0.717, 1.165) is 23.1 Å². The SMILES string of the molecule is Cc1c(SC#N)c(=O)n(-c2ccccc2)n1C. The van der Waals surface area contributed by atoms with Crippen LogP contribution in [0.15, 0.2) is 40.0 Å². The predicted octanol–water partition coefficient (Wildman–Crippen LogP) is 2.06. The second-order valence-corrected chi connectivity index (χ2v) is 4.38. The molecule has 0 radical (unpaired) electrons. The van der Waals surface area contributed by atoms with E-state index in [1.54, 1.807) is 9.36 Å². The van der Waals surface area contributed by atoms with E-state index in [4.69, 9.17) is 5.26 Å². The van der Waals surface area contributed by atoms with Crippen molar-refractivity contribution in [2.45, 2.75) is 11.8 Å². The largest absolute Gasteiger partial charge is 0.286 e. The Morgan fingerprint density at radius 3 is 2.53 bits per heavy atom. The molecule has 5 heteroatoms. The van der Waals surface area contributed by atoms with Crippen molar-refractivity contribution in [3.63, 3.8) is 0 Å². The summed E-state index contributed by atoms with van der Waals surface area (Å²) in [5.41, 5.74) is 1.45. The highest BCUT2D eigenvalue weighted by atomic mass is 32.2. The summed E-state index contributed by atoms with van der Waals surface area (Å²) in [6.45, 7) is 1.83. The minimum absolute atomic E-state index is 0.150. The molecule has 0 spiro atoms. The molecule has 0 fully saturated rings. The maximum absolute atomic E-state index is 12.2. The van der Waals surface area contributed by atoms with Crippen LogP contribution in [0.4, 0.5) is 0 Å². The first-order valence-corrected chi connectivity index (χ1v) is 5.88. The molecule has 0 aliphatic carbocycles. The quantitative estimate of drug-likeness (QED) is 0.601. The van der Waals surface area contributed by atoms with Crippen LogP contribution in [0, 0.1) is 17.6 Å². The number of para-hydroxylation sites is 1. The van der Waals surface area contributed by atoms with Gasteiger partial charge in [0.15, 0.2) is 0 Å². The van der Waals surface area contributed by atoms with Crippen molar-refractivity contribution in [2.75, 3.05) is 0 Å². The average Bonchev–Trinajstić information content (AvgIpc) is 2.55. The molecular weight excluding hydrogens is 234 g/mol. The van der Waals surface area contributed by atoms with E-state index in [2.05, 4.69) is 0 Å². The van der Waals surface area contributed by atoms with Gasteiger partial charge in [-0.15, -0.1) is 0 Å². The lowest BCUT2D eigenvalue weighted by atomic mass is 10.3. The Morgan fingerprint density at radius 2 is 1.94 bits per heavy atom. The first-order valence-electron chi connectivity index (χ1n) is 5.06. The van der Waals surface area contributed by atoms with Crippen LogP contribution < -0.4 is 5.56 Å². The summed E-state index contributed by atoms with van der Waals surface area (Å²) in [4.78, 5) is 12.7. The average molecular weight is 245 g/mol. The zero-order valence-corrected chi connectivity index (χ0v) is 10.4. The predicted molar refractivity (Wildman–Crippen MR) is 67.2 cm³/mol. The van der Waals surface area contributed by atoms with Gasteiger partial charge in [0.05, 0.1) is 11.4 Å². The second kappa shape index (κ2) is 4.52.